The number of nitrogens with one attached hydrogen (secondary N) is 1. The number of rotatable bonds is 38. The Morgan fingerprint density at radius 3 is 1.56 bits per heavy atom. The molecule has 0 aromatic heterocycles. The topological polar surface area (TPSA) is 149 Å². The molecule has 332 valence electrons. The van der Waals surface area contributed by atoms with Gasteiger partial charge in [-0.25, -0.2) is 0 Å². The highest BCUT2D eigenvalue weighted by Crippen LogP contribution is 2.22. The molecule has 1 heterocycles. The lowest BCUT2D eigenvalue weighted by Crippen LogP contribution is -2.60. The van der Waals surface area contributed by atoms with Crippen molar-refractivity contribution in [3.63, 3.8) is 0 Å². The van der Waals surface area contributed by atoms with Gasteiger partial charge in [-0.15, -0.1) is 0 Å². The first-order chi connectivity index (χ1) is 27.8. The van der Waals surface area contributed by atoms with Crippen molar-refractivity contribution in [2.45, 2.75) is 236 Å². The van der Waals surface area contributed by atoms with Crippen LogP contribution in [-0.4, -0.2) is 87.5 Å². The Morgan fingerprint density at radius 1 is 0.596 bits per heavy atom. The summed E-state index contributed by atoms with van der Waals surface area (Å²) >= 11 is 0. The highest BCUT2D eigenvalue weighted by atomic mass is 16.7. The molecule has 0 aromatic carbocycles. The zero-order chi connectivity index (χ0) is 41.6. The second kappa shape index (κ2) is 38.4. The molecule has 1 aliphatic heterocycles. The van der Waals surface area contributed by atoms with Gasteiger partial charge in [-0.2, -0.15) is 0 Å². The number of hydrogen-bond donors (Lipinski definition) is 6. The van der Waals surface area contributed by atoms with Crippen molar-refractivity contribution < 1.29 is 39.8 Å². The van der Waals surface area contributed by atoms with Crippen LogP contribution < -0.4 is 5.32 Å². The summed E-state index contributed by atoms with van der Waals surface area (Å²) in [6.45, 7) is 3.73. The van der Waals surface area contributed by atoms with Gasteiger partial charge in [0.2, 0.25) is 5.91 Å². The van der Waals surface area contributed by atoms with Crippen LogP contribution in [0.4, 0.5) is 0 Å². The zero-order valence-corrected chi connectivity index (χ0v) is 36.3. The van der Waals surface area contributed by atoms with Gasteiger partial charge in [0.05, 0.1) is 25.4 Å². The molecule has 0 spiro atoms. The van der Waals surface area contributed by atoms with E-state index in [1.54, 1.807) is 6.08 Å². The SMILES string of the molecule is CCCCC/C=C\C/C=C\C/C=C\CCCCCCCCC(=O)NC(COC1OC(CO)C(O)C(O)C1O)C(O)/C=C/CCCCCCCCCCCCCCC. The fourth-order valence-corrected chi connectivity index (χ4v) is 7.10. The van der Waals surface area contributed by atoms with Crippen LogP contribution in [0.1, 0.15) is 194 Å². The first kappa shape index (κ1) is 53.2. The van der Waals surface area contributed by atoms with E-state index in [0.717, 1.165) is 64.2 Å². The van der Waals surface area contributed by atoms with Gasteiger partial charge in [0.25, 0.3) is 0 Å². The molecule has 1 rings (SSSR count). The summed E-state index contributed by atoms with van der Waals surface area (Å²) in [6, 6.07) is -0.812. The van der Waals surface area contributed by atoms with Crippen molar-refractivity contribution in [1.82, 2.24) is 5.32 Å². The smallest absolute Gasteiger partial charge is 0.220 e. The minimum absolute atomic E-state index is 0.191. The molecule has 0 saturated carbocycles. The third kappa shape index (κ3) is 29.1. The van der Waals surface area contributed by atoms with Crippen LogP contribution in [0.3, 0.4) is 0 Å². The maximum Gasteiger partial charge on any atom is 0.220 e. The van der Waals surface area contributed by atoms with Gasteiger partial charge in [-0.3, -0.25) is 4.79 Å². The van der Waals surface area contributed by atoms with Gasteiger partial charge in [-0.1, -0.05) is 178 Å². The molecule has 1 amide bonds. The minimum Gasteiger partial charge on any atom is -0.394 e. The minimum atomic E-state index is -1.57. The summed E-state index contributed by atoms with van der Waals surface area (Å²) in [7, 11) is 0. The molecule has 1 aliphatic rings. The van der Waals surface area contributed by atoms with Crippen LogP contribution in [0.15, 0.2) is 48.6 Å². The Hall–Kier alpha value is -1.85. The molecule has 9 nitrogen and oxygen atoms in total. The second-order valence-corrected chi connectivity index (χ2v) is 16.2. The van der Waals surface area contributed by atoms with Crippen molar-refractivity contribution in [2.24, 2.45) is 0 Å². The summed E-state index contributed by atoms with van der Waals surface area (Å²) in [5.74, 6) is -0.191. The van der Waals surface area contributed by atoms with Gasteiger partial charge < -0.3 is 40.3 Å². The third-order valence-corrected chi connectivity index (χ3v) is 10.9. The van der Waals surface area contributed by atoms with Crippen molar-refractivity contribution in [3.05, 3.63) is 48.6 Å². The number of carbonyl (C=O) groups is 1. The fourth-order valence-electron chi connectivity index (χ4n) is 7.10. The molecular formula is C48H87NO8. The lowest BCUT2D eigenvalue weighted by Gasteiger charge is -2.40. The summed E-state index contributed by atoms with van der Waals surface area (Å²) in [5, 5.41) is 54.2. The number of ether oxygens (including phenoxy) is 2. The monoisotopic (exact) mass is 806 g/mol. The first-order valence-corrected chi connectivity index (χ1v) is 23.4. The molecule has 7 atom stereocenters. The fraction of sp³-hybridized carbons (Fsp3) is 0.812. The van der Waals surface area contributed by atoms with E-state index in [2.05, 4.69) is 55.6 Å². The second-order valence-electron chi connectivity index (χ2n) is 16.2. The van der Waals surface area contributed by atoms with Gasteiger partial charge in [0.1, 0.15) is 24.4 Å². The largest absolute Gasteiger partial charge is 0.394 e. The summed E-state index contributed by atoms with van der Waals surface area (Å²) in [4.78, 5) is 13.0. The highest BCUT2D eigenvalue weighted by molar-refractivity contribution is 5.76. The molecule has 9 heteroatoms. The molecule has 1 fully saturated rings. The number of allylic oxidation sites excluding steroid dienone is 7. The highest BCUT2D eigenvalue weighted by Gasteiger charge is 2.44. The molecule has 1 saturated heterocycles. The van der Waals surface area contributed by atoms with E-state index >= 15 is 0 Å². The Balaban J connectivity index is 2.37. The average molecular weight is 806 g/mol. The molecular weight excluding hydrogens is 719 g/mol. The number of unbranched alkanes of at least 4 members (excludes halogenated alkanes) is 22. The van der Waals surface area contributed by atoms with E-state index in [9.17, 15) is 30.3 Å². The van der Waals surface area contributed by atoms with E-state index in [1.807, 2.05) is 6.08 Å². The maximum atomic E-state index is 13.0. The first-order valence-electron chi connectivity index (χ1n) is 23.4. The van der Waals surface area contributed by atoms with Crippen molar-refractivity contribution in [1.29, 1.82) is 0 Å². The number of aliphatic hydroxyl groups excluding tert-OH is 5. The van der Waals surface area contributed by atoms with Gasteiger partial charge >= 0.3 is 0 Å². The Kier molecular flexibility index (Phi) is 35.8. The summed E-state index contributed by atoms with van der Waals surface area (Å²) in [6.07, 6.45) is 41.4. The van der Waals surface area contributed by atoms with Crippen LogP contribution >= 0.6 is 0 Å². The van der Waals surface area contributed by atoms with Crippen LogP contribution in [-0.2, 0) is 14.3 Å². The number of amides is 1. The average Bonchev–Trinajstić information content (AvgIpc) is 3.21. The molecule has 7 unspecified atom stereocenters. The lowest BCUT2D eigenvalue weighted by molar-refractivity contribution is -0.302. The predicted molar refractivity (Wildman–Crippen MR) is 235 cm³/mol. The molecule has 0 bridgehead atoms. The lowest BCUT2D eigenvalue weighted by atomic mass is 9.99. The van der Waals surface area contributed by atoms with E-state index < -0.39 is 49.5 Å². The van der Waals surface area contributed by atoms with Crippen molar-refractivity contribution in [2.75, 3.05) is 13.2 Å². The van der Waals surface area contributed by atoms with Gasteiger partial charge in [-0.05, 0) is 57.8 Å². The number of carbonyl (C=O) groups excluding carboxylic acids is 1. The van der Waals surface area contributed by atoms with Crippen molar-refractivity contribution >= 4 is 5.91 Å². The van der Waals surface area contributed by atoms with E-state index in [1.165, 1.54) is 109 Å². The molecule has 6 N–H and O–H groups in total. The predicted octanol–water partition coefficient (Wildman–Crippen LogP) is 9.84. The maximum absolute atomic E-state index is 13.0. The Bertz CT molecular complexity index is 1030. The van der Waals surface area contributed by atoms with Crippen LogP contribution in [0.5, 0.6) is 0 Å². The molecule has 0 radical (unpaired) electrons. The van der Waals surface area contributed by atoms with Crippen LogP contribution in [0.25, 0.3) is 0 Å². The molecule has 0 aromatic rings. The van der Waals surface area contributed by atoms with Gasteiger partial charge in [0, 0.05) is 6.42 Å². The molecule has 0 aliphatic carbocycles. The van der Waals surface area contributed by atoms with Crippen LogP contribution in [0.2, 0.25) is 0 Å². The Morgan fingerprint density at radius 2 is 1.04 bits per heavy atom. The molecule has 57 heavy (non-hydrogen) atoms. The van der Waals surface area contributed by atoms with Crippen LogP contribution in [0, 0.1) is 0 Å². The Labute approximate surface area is 348 Å². The van der Waals surface area contributed by atoms with E-state index in [4.69, 9.17) is 9.47 Å². The third-order valence-electron chi connectivity index (χ3n) is 10.9. The van der Waals surface area contributed by atoms with E-state index in [0.29, 0.717) is 6.42 Å². The van der Waals surface area contributed by atoms with Gasteiger partial charge in [0.15, 0.2) is 6.29 Å². The summed E-state index contributed by atoms with van der Waals surface area (Å²) in [5.41, 5.74) is 0. The summed E-state index contributed by atoms with van der Waals surface area (Å²) < 4.78 is 11.2. The number of hydrogen-bond acceptors (Lipinski definition) is 8. The number of aliphatic hydroxyl groups is 5. The van der Waals surface area contributed by atoms with E-state index in [-0.39, 0.29) is 12.5 Å². The zero-order valence-electron chi connectivity index (χ0n) is 36.3. The van der Waals surface area contributed by atoms with Crippen molar-refractivity contribution in [3.8, 4) is 0 Å². The quantitative estimate of drug-likeness (QED) is 0.0267. The normalized spacial score (nSPS) is 21.4. The standard InChI is InChI=1S/C48H87NO8/c1-3-5-7-9-11-13-15-17-19-20-21-22-24-26-28-30-32-34-36-38-44(52)49-41(40-56-48-47(55)46(54)45(53)43(39-50)57-48)42(51)37-35-33-31-29-27-25-23-18-16-14-12-10-8-6-4-2/h11,13,17,19,21-22,35,37,41-43,45-48,50-51,53-55H,3-10,12,14-16,18,20,23-34,36,38-40H2,1-2H3,(H,49,52)/b13-11-,19-17-,22-21-,37-35+.